The van der Waals surface area contributed by atoms with Gasteiger partial charge in [0.25, 0.3) is 0 Å². The lowest BCUT2D eigenvalue weighted by molar-refractivity contribution is 0.397. The summed E-state index contributed by atoms with van der Waals surface area (Å²) in [5, 5.41) is 3.10. The lowest BCUT2D eigenvalue weighted by Crippen LogP contribution is -2.39. The molecular formula is C9H16N4O. The predicted octanol–water partition coefficient (Wildman–Crippen LogP) is 0.634. The number of aromatic nitrogens is 2. The number of nitrogens with one attached hydrogen (secondary N) is 1. The van der Waals surface area contributed by atoms with E-state index in [1.165, 1.54) is 6.33 Å². The zero-order valence-corrected chi connectivity index (χ0v) is 8.74. The van der Waals surface area contributed by atoms with Crippen LogP contribution < -0.4 is 15.8 Å². The summed E-state index contributed by atoms with van der Waals surface area (Å²) < 4.78 is 4.96. The van der Waals surface area contributed by atoms with E-state index in [1.54, 1.807) is 13.2 Å². The third-order valence-electron chi connectivity index (χ3n) is 1.58. The first-order valence-corrected chi connectivity index (χ1v) is 4.40. The molecule has 0 bridgehead atoms. The van der Waals surface area contributed by atoms with E-state index in [-0.39, 0.29) is 5.54 Å². The van der Waals surface area contributed by atoms with Gasteiger partial charge in [0.15, 0.2) is 0 Å². The van der Waals surface area contributed by atoms with Gasteiger partial charge in [-0.25, -0.2) is 9.97 Å². The van der Waals surface area contributed by atoms with Crippen LogP contribution in [0, 0.1) is 0 Å². The van der Waals surface area contributed by atoms with Crippen LogP contribution >= 0.6 is 0 Å². The Balaban J connectivity index is 2.59. The predicted molar refractivity (Wildman–Crippen MR) is 55.3 cm³/mol. The van der Waals surface area contributed by atoms with E-state index in [2.05, 4.69) is 15.3 Å². The van der Waals surface area contributed by atoms with Gasteiger partial charge in [0, 0.05) is 18.2 Å². The van der Waals surface area contributed by atoms with Crippen LogP contribution in [0.4, 0.5) is 5.82 Å². The highest BCUT2D eigenvalue weighted by Gasteiger charge is 2.10. The molecule has 0 aromatic carbocycles. The average molecular weight is 196 g/mol. The quantitative estimate of drug-likeness (QED) is 0.739. The summed E-state index contributed by atoms with van der Waals surface area (Å²) in [6.45, 7) is 4.53. The Morgan fingerprint density at radius 1 is 1.50 bits per heavy atom. The van der Waals surface area contributed by atoms with Crippen LogP contribution in [0.1, 0.15) is 13.8 Å². The molecular weight excluding hydrogens is 180 g/mol. The second-order valence-corrected chi connectivity index (χ2v) is 3.79. The first kappa shape index (κ1) is 10.7. The van der Waals surface area contributed by atoms with Gasteiger partial charge in [0.1, 0.15) is 12.1 Å². The molecule has 0 aliphatic carbocycles. The van der Waals surface area contributed by atoms with Gasteiger partial charge in [-0.15, -0.1) is 0 Å². The molecule has 5 heteroatoms. The first-order chi connectivity index (χ1) is 6.51. The van der Waals surface area contributed by atoms with E-state index in [0.717, 1.165) is 5.82 Å². The van der Waals surface area contributed by atoms with E-state index < -0.39 is 0 Å². The number of hydrogen-bond acceptors (Lipinski definition) is 5. The van der Waals surface area contributed by atoms with E-state index in [9.17, 15) is 0 Å². The Hall–Kier alpha value is -1.36. The maximum Gasteiger partial charge on any atom is 0.218 e. The molecule has 0 atom stereocenters. The highest BCUT2D eigenvalue weighted by molar-refractivity contribution is 5.37. The number of nitrogens with two attached hydrogens (primary N) is 1. The normalized spacial score (nSPS) is 11.1. The highest BCUT2D eigenvalue weighted by atomic mass is 16.5. The molecule has 0 amide bonds. The molecule has 1 aromatic heterocycles. The molecule has 3 N–H and O–H groups in total. The van der Waals surface area contributed by atoms with Crippen molar-refractivity contribution in [3.8, 4) is 5.88 Å². The molecule has 0 aliphatic rings. The first-order valence-electron chi connectivity index (χ1n) is 4.40. The molecule has 0 fully saturated rings. The average Bonchev–Trinajstić information content (AvgIpc) is 2.14. The van der Waals surface area contributed by atoms with Crippen LogP contribution in [0.25, 0.3) is 0 Å². The summed E-state index contributed by atoms with van der Waals surface area (Å²) in [5.41, 5.74) is 5.55. The van der Waals surface area contributed by atoms with Crippen molar-refractivity contribution in [2.75, 3.05) is 19.0 Å². The van der Waals surface area contributed by atoms with Gasteiger partial charge in [0.2, 0.25) is 5.88 Å². The molecule has 0 saturated heterocycles. The van der Waals surface area contributed by atoms with E-state index in [1.807, 2.05) is 13.8 Å². The Bertz CT molecular complexity index is 295. The van der Waals surface area contributed by atoms with Crippen LogP contribution in [0.3, 0.4) is 0 Å². The SMILES string of the molecule is COc1cc(NCC(C)(C)N)ncn1. The van der Waals surface area contributed by atoms with Crippen molar-refractivity contribution in [2.24, 2.45) is 5.73 Å². The second kappa shape index (κ2) is 4.23. The third-order valence-corrected chi connectivity index (χ3v) is 1.58. The molecule has 0 unspecified atom stereocenters. The molecule has 1 heterocycles. The van der Waals surface area contributed by atoms with Gasteiger partial charge in [-0.3, -0.25) is 0 Å². The number of anilines is 1. The van der Waals surface area contributed by atoms with Crippen molar-refractivity contribution >= 4 is 5.82 Å². The van der Waals surface area contributed by atoms with Crippen LogP contribution in [0.5, 0.6) is 5.88 Å². The summed E-state index contributed by atoms with van der Waals surface area (Å²) in [6.07, 6.45) is 1.45. The summed E-state index contributed by atoms with van der Waals surface area (Å²) in [6, 6.07) is 1.73. The monoisotopic (exact) mass is 196 g/mol. The maximum absolute atomic E-state index is 5.82. The molecule has 0 radical (unpaired) electrons. The molecule has 1 rings (SSSR count). The van der Waals surface area contributed by atoms with Gasteiger partial charge in [-0.05, 0) is 13.8 Å². The van der Waals surface area contributed by atoms with Crippen molar-refractivity contribution in [3.63, 3.8) is 0 Å². The molecule has 0 saturated carbocycles. The van der Waals surface area contributed by atoms with Gasteiger partial charge in [-0.2, -0.15) is 0 Å². The smallest absolute Gasteiger partial charge is 0.218 e. The van der Waals surface area contributed by atoms with Gasteiger partial charge in [-0.1, -0.05) is 0 Å². The molecule has 0 aliphatic heterocycles. The molecule has 78 valence electrons. The Morgan fingerprint density at radius 3 is 2.79 bits per heavy atom. The van der Waals surface area contributed by atoms with E-state index >= 15 is 0 Å². The van der Waals surface area contributed by atoms with Crippen molar-refractivity contribution in [1.82, 2.24) is 9.97 Å². The minimum absolute atomic E-state index is 0.266. The summed E-state index contributed by atoms with van der Waals surface area (Å²) in [5.74, 6) is 1.26. The Labute approximate surface area is 83.7 Å². The summed E-state index contributed by atoms with van der Waals surface area (Å²) >= 11 is 0. The molecule has 1 aromatic rings. The Kier molecular flexibility index (Phi) is 3.24. The van der Waals surface area contributed by atoms with Crippen molar-refractivity contribution in [2.45, 2.75) is 19.4 Å². The second-order valence-electron chi connectivity index (χ2n) is 3.79. The molecule has 14 heavy (non-hydrogen) atoms. The zero-order chi connectivity index (χ0) is 10.6. The van der Waals surface area contributed by atoms with Crippen LogP contribution in [-0.4, -0.2) is 29.2 Å². The van der Waals surface area contributed by atoms with Gasteiger partial charge in [0.05, 0.1) is 7.11 Å². The number of hydrogen-bond donors (Lipinski definition) is 2. The van der Waals surface area contributed by atoms with Gasteiger partial charge < -0.3 is 15.8 Å². The highest BCUT2D eigenvalue weighted by Crippen LogP contribution is 2.10. The zero-order valence-electron chi connectivity index (χ0n) is 8.74. The number of nitrogens with zero attached hydrogens (tertiary/aromatic N) is 2. The van der Waals surface area contributed by atoms with Crippen molar-refractivity contribution in [1.29, 1.82) is 0 Å². The minimum Gasteiger partial charge on any atom is -0.481 e. The van der Waals surface area contributed by atoms with Gasteiger partial charge >= 0.3 is 0 Å². The van der Waals surface area contributed by atoms with Crippen molar-refractivity contribution in [3.05, 3.63) is 12.4 Å². The number of methoxy groups -OCH3 is 1. The lowest BCUT2D eigenvalue weighted by Gasteiger charge is -2.19. The number of rotatable bonds is 4. The summed E-state index contributed by atoms with van der Waals surface area (Å²) in [7, 11) is 1.57. The fraction of sp³-hybridized carbons (Fsp3) is 0.556. The minimum atomic E-state index is -0.266. The maximum atomic E-state index is 5.82. The van der Waals surface area contributed by atoms with Crippen LogP contribution in [0.2, 0.25) is 0 Å². The standard InChI is InChI=1S/C9H16N4O/c1-9(2,10)5-11-7-4-8(14-3)13-6-12-7/h4,6H,5,10H2,1-3H3,(H,11,12,13). The lowest BCUT2D eigenvalue weighted by atomic mass is 10.1. The molecule has 5 nitrogen and oxygen atoms in total. The fourth-order valence-corrected chi connectivity index (χ4v) is 0.866. The van der Waals surface area contributed by atoms with E-state index in [4.69, 9.17) is 10.5 Å². The summed E-state index contributed by atoms with van der Waals surface area (Å²) in [4.78, 5) is 7.93. The fourth-order valence-electron chi connectivity index (χ4n) is 0.866. The third kappa shape index (κ3) is 3.57. The van der Waals surface area contributed by atoms with E-state index in [0.29, 0.717) is 12.4 Å². The van der Waals surface area contributed by atoms with Crippen LogP contribution in [-0.2, 0) is 0 Å². The van der Waals surface area contributed by atoms with Crippen LogP contribution in [0.15, 0.2) is 12.4 Å². The molecule has 0 spiro atoms. The topological polar surface area (TPSA) is 73.1 Å². The Morgan fingerprint density at radius 2 is 2.21 bits per heavy atom. The van der Waals surface area contributed by atoms with Crippen molar-refractivity contribution < 1.29 is 4.74 Å². The largest absolute Gasteiger partial charge is 0.481 e. The number of ether oxygens (including phenoxy) is 1.